The molecule has 2 N–H and O–H groups in total. The van der Waals surface area contributed by atoms with E-state index in [1.807, 2.05) is 13.0 Å². The van der Waals surface area contributed by atoms with Crippen molar-refractivity contribution < 1.29 is 0 Å². The first kappa shape index (κ1) is 13.7. The van der Waals surface area contributed by atoms with Crippen molar-refractivity contribution in [2.75, 3.05) is 5.73 Å². The van der Waals surface area contributed by atoms with Gasteiger partial charge in [-0.3, -0.25) is 0 Å². The molecule has 0 saturated heterocycles. The molecule has 2 rings (SSSR count). The molecular formula is C16H23N3. The fourth-order valence-corrected chi connectivity index (χ4v) is 2.44. The fraction of sp³-hybridized carbons (Fsp3) is 0.438. The zero-order chi connectivity index (χ0) is 14.0. The highest BCUT2D eigenvalue weighted by molar-refractivity contribution is 5.73. The van der Waals surface area contributed by atoms with Crippen LogP contribution in [0.2, 0.25) is 0 Å². The standard InChI is InChI=1S/C16H23N3/c1-5-13-8-6-7-9-14(13)15-16(17)19(10-11(2)3)12(4)18-15/h6-9,11H,5,10,17H2,1-4H3. The first-order valence-electron chi connectivity index (χ1n) is 6.95. The van der Waals surface area contributed by atoms with E-state index in [1.165, 1.54) is 5.56 Å². The van der Waals surface area contributed by atoms with Gasteiger partial charge < -0.3 is 10.3 Å². The van der Waals surface area contributed by atoms with Crippen LogP contribution in [0.25, 0.3) is 11.3 Å². The van der Waals surface area contributed by atoms with E-state index in [1.54, 1.807) is 0 Å². The smallest absolute Gasteiger partial charge is 0.131 e. The maximum Gasteiger partial charge on any atom is 0.131 e. The summed E-state index contributed by atoms with van der Waals surface area (Å²) < 4.78 is 2.12. The van der Waals surface area contributed by atoms with Crippen molar-refractivity contribution in [3.05, 3.63) is 35.7 Å². The molecule has 0 saturated carbocycles. The van der Waals surface area contributed by atoms with Gasteiger partial charge in [-0.1, -0.05) is 45.0 Å². The van der Waals surface area contributed by atoms with Gasteiger partial charge in [0.05, 0.1) is 0 Å². The molecule has 0 fully saturated rings. The average molecular weight is 257 g/mol. The summed E-state index contributed by atoms with van der Waals surface area (Å²) >= 11 is 0. The second-order valence-electron chi connectivity index (χ2n) is 5.41. The van der Waals surface area contributed by atoms with Gasteiger partial charge in [0, 0.05) is 12.1 Å². The summed E-state index contributed by atoms with van der Waals surface area (Å²) in [5.74, 6) is 2.34. The molecular weight excluding hydrogens is 234 g/mol. The van der Waals surface area contributed by atoms with Gasteiger partial charge in [0.2, 0.25) is 0 Å². The van der Waals surface area contributed by atoms with Crippen LogP contribution in [0.3, 0.4) is 0 Å². The van der Waals surface area contributed by atoms with Gasteiger partial charge in [0.1, 0.15) is 17.3 Å². The lowest BCUT2D eigenvalue weighted by atomic mass is 10.0. The van der Waals surface area contributed by atoms with Crippen LogP contribution in [0, 0.1) is 12.8 Å². The van der Waals surface area contributed by atoms with E-state index in [0.29, 0.717) is 5.92 Å². The van der Waals surface area contributed by atoms with Crippen LogP contribution in [-0.2, 0) is 13.0 Å². The minimum atomic E-state index is 0.560. The van der Waals surface area contributed by atoms with Crippen LogP contribution in [0.15, 0.2) is 24.3 Å². The molecule has 0 unspecified atom stereocenters. The van der Waals surface area contributed by atoms with E-state index in [9.17, 15) is 0 Å². The number of nitrogens with two attached hydrogens (primary N) is 1. The highest BCUT2D eigenvalue weighted by Crippen LogP contribution is 2.29. The monoisotopic (exact) mass is 257 g/mol. The lowest BCUT2D eigenvalue weighted by Gasteiger charge is -2.11. The predicted molar refractivity (Wildman–Crippen MR) is 81.0 cm³/mol. The molecule has 0 aliphatic rings. The van der Waals surface area contributed by atoms with Crippen molar-refractivity contribution in [1.82, 2.24) is 9.55 Å². The van der Waals surface area contributed by atoms with Crippen molar-refractivity contribution in [3.63, 3.8) is 0 Å². The first-order valence-corrected chi connectivity index (χ1v) is 6.95. The Hall–Kier alpha value is -1.77. The van der Waals surface area contributed by atoms with E-state index in [2.05, 4.69) is 48.5 Å². The summed E-state index contributed by atoms with van der Waals surface area (Å²) in [7, 11) is 0. The maximum absolute atomic E-state index is 6.31. The van der Waals surface area contributed by atoms with Crippen LogP contribution in [-0.4, -0.2) is 9.55 Å². The average Bonchev–Trinajstić information content (AvgIpc) is 2.66. The Morgan fingerprint density at radius 3 is 2.58 bits per heavy atom. The Balaban J connectivity index is 2.52. The number of hydrogen-bond donors (Lipinski definition) is 1. The molecule has 19 heavy (non-hydrogen) atoms. The van der Waals surface area contributed by atoms with E-state index >= 15 is 0 Å². The Labute approximate surface area is 115 Å². The van der Waals surface area contributed by atoms with Crippen LogP contribution in [0.1, 0.15) is 32.2 Å². The lowest BCUT2D eigenvalue weighted by molar-refractivity contribution is 0.518. The fourth-order valence-electron chi connectivity index (χ4n) is 2.44. The molecule has 0 spiro atoms. The second kappa shape index (κ2) is 5.47. The Morgan fingerprint density at radius 2 is 1.95 bits per heavy atom. The molecule has 2 aromatic rings. The molecule has 1 aromatic heterocycles. The highest BCUT2D eigenvalue weighted by atomic mass is 15.1. The number of nitrogen functional groups attached to an aromatic ring is 1. The number of benzene rings is 1. The molecule has 0 amide bonds. The number of imidazole rings is 1. The summed E-state index contributed by atoms with van der Waals surface area (Å²) in [5.41, 5.74) is 9.69. The quantitative estimate of drug-likeness (QED) is 0.908. The third-order valence-electron chi connectivity index (χ3n) is 3.40. The minimum Gasteiger partial charge on any atom is -0.383 e. The molecule has 0 bridgehead atoms. The SMILES string of the molecule is CCc1ccccc1-c1nc(C)n(CC(C)C)c1N. The largest absolute Gasteiger partial charge is 0.383 e. The Kier molecular flexibility index (Phi) is 3.93. The van der Waals surface area contributed by atoms with Gasteiger partial charge in [-0.25, -0.2) is 4.98 Å². The number of aromatic nitrogens is 2. The number of rotatable bonds is 4. The highest BCUT2D eigenvalue weighted by Gasteiger charge is 2.16. The zero-order valence-corrected chi connectivity index (χ0v) is 12.3. The molecule has 1 aromatic carbocycles. The number of hydrogen-bond acceptors (Lipinski definition) is 2. The third-order valence-corrected chi connectivity index (χ3v) is 3.40. The van der Waals surface area contributed by atoms with Crippen LogP contribution in [0.5, 0.6) is 0 Å². The number of anilines is 1. The lowest BCUT2D eigenvalue weighted by Crippen LogP contribution is -2.09. The van der Waals surface area contributed by atoms with Crippen molar-refractivity contribution >= 4 is 5.82 Å². The first-order chi connectivity index (χ1) is 9.04. The van der Waals surface area contributed by atoms with Gasteiger partial charge in [-0.15, -0.1) is 0 Å². The van der Waals surface area contributed by atoms with E-state index in [-0.39, 0.29) is 0 Å². The minimum absolute atomic E-state index is 0.560. The molecule has 3 heteroatoms. The van der Waals surface area contributed by atoms with Gasteiger partial charge in [-0.2, -0.15) is 0 Å². The van der Waals surface area contributed by atoms with E-state index in [0.717, 1.165) is 35.9 Å². The summed E-state index contributed by atoms with van der Waals surface area (Å²) in [4.78, 5) is 4.68. The van der Waals surface area contributed by atoms with Gasteiger partial charge in [0.25, 0.3) is 0 Å². The van der Waals surface area contributed by atoms with Crippen molar-refractivity contribution in [3.8, 4) is 11.3 Å². The van der Waals surface area contributed by atoms with Gasteiger partial charge in [-0.05, 0) is 24.8 Å². The van der Waals surface area contributed by atoms with Crippen molar-refractivity contribution in [2.24, 2.45) is 5.92 Å². The Morgan fingerprint density at radius 1 is 1.26 bits per heavy atom. The predicted octanol–water partition coefficient (Wildman–Crippen LogP) is 3.66. The molecule has 0 radical (unpaired) electrons. The molecule has 102 valence electrons. The number of nitrogens with zero attached hydrogens (tertiary/aromatic N) is 2. The van der Waals surface area contributed by atoms with E-state index < -0.39 is 0 Å². The number of aryl methyl sites for hydroxylation is 2. The Bertz CT molecular complexity index is 567. The molecule has 3 nitrogen and oxygen atoms in total. The van der Waals surface area contributed by atoms with Crippen molar-refractivity contribution in [2.45, 2.75) is 40.7 Å². The normalized spacial score (nSPS) is 11.2. The molecule has 0 aliphatic carbocycles. The summed E-state index contributed by atoms with van der Waals surface area (Å²) in [5, 5.41) is 0. The van der Waals surface area contributed by atoms with Crippen LogP contribution >= 0.6 is 0 Å². The second-order valence-corrected chi connectivity index (χ2v) is 5.41. The molecule has 0 aliphatic heterocycles. The topological polar surface area (TPSA) is 43.8 Å². The summed E-state index contributed by atoms with van der Waals surface area (Å²) in [6.07, 6.45) is 0.992. The van der Waals surface area contributed by atoms with Gasteiger partial charge in [0.15, 0.2) is 0 Å². The van der Waals surface area contributed by atoms with Crippen LogP contribution in [0.4, 0.5) is 5.82 Å². The zero-order valence-electron chi connectivity index (χ0n) is 12.3. The van der Waals surface area contributed by atoms with Crippen molar-refractivity contribution in [1.29, 1.82) is 0 Å². The molecule has 1 heterocycles. The van der Waals surface area contributed by atoms with Gasteiger partial charge >= 0.3 is 0 Å². The van der Waals surface area contributed by atoms with Crippen LogP contribution < -0.4 is 5.73 Å². The maximum atomic E-state index is 6.31. The third kappa shape index (κ3) is 2.65. The van der Waals surface area contributed by atoms with E-state index in [4.69, 9.17) is 5.73 Å². The summed E-state index contributed by atoms with van der Waals surface area (Å²) in [6, 6.07) is 8.36. The molecule has 0 atom stereocenters. The summed E-state index contributed by atoms with van der Waals surface area (Å²) in [6.45, 7) is 9.49.